The third kappa shape index (κ3) is 1.63. The third-order valence-corrected chi connectivity index (χ3v) is 5.28. The van der Waals surface area contributed by atoms with Crippen LogP contribution < -0.4 is 5.32 Å². The molecule has 3 rings (SSSR count). The molecule has 0 aromatic rings. The largest absolute Gasteiger partial charge is 0.311 e. The van der Waals surface area contributed by atoms with Gasteiger partial charge in [0.15, 0.2) is 0 Å². The first-order valence-corrected chi connectivity index (χ1v) is 6.73. The van der Waals surface area contributed by atoms with E-state index in [1.807, 2.05) is 0 Å². The molecule has 2 heterocycles. The lowest BCUT2D eigenvalue weighted by molar-refractivity contribution is -0.0470. The normalized spacial score (nSPS) is 49.4. The molecule has 3 fully saturated rings. The summed E-state index contributed by atoms with van der Waals surface area (Å²) in [5.41, 5.74) is 1.32. The molecule has 0 aromatic heterocycles. The van der Waals surface area contributed by atoms with Crippen LogP contribution in [0.25, 0.3) is 0 Å². The molecule has 1 N–H and O–H groups in total. The van der Waals surface area contributed by atoms with Crippen LogP contribution >= 0.6 is 0 Å². The fourth-order valence-corrected chi connectivity index (χ4v) is 4.28. The van der Waals surface area contributed by atoms with Crippen molar-refractivity contribution >= 4 is 0 Å². The molecular weight excluding hydrogens is 182 g/mol. The Bertz CT molecular complexity index is 243. The highest BCUT2D eigenvalue weighted by Crippen LogP contribution is 2.60. The first-order valence-electron chi connectivity index (χ1n) is 6.73. The summed E-state index contributed by atoms with van der Waals surface area (Å²) in [6.45, 7) is 7.25. The molecule has 2 saturated heterocycles. The number of hydrogen-bond donors (Lipinski definition) is 1. The molecule has 1 spiro atoms. The summed E-state index contributed by atoms with van der Waals surface area (Å²) in [4.78, 5) is 0. The number of piperidine rings is 1. The fraction of sp³-hybridized carbons (Fsp3) is 1.00. The predicted molar refractivity (Wildman–Crippen MR) is 63.8 cm³/mol. The molecule has 1 heteroatoms. The van der Waals surface area contributed by atoms with E-state index in [0.717, 1.165) is 23.4 Å². The maximum absolute atomic E-state index is 3.77. The molecule has 0 amide bonds. The molecular formula is C14H25N. The van der Waals surface area contributed by atoms with Crippen molar-refractivity contribution in [2.24, 2.45) is 16.7 Å². The molecule has 0 aromatic carbocycles. The molecule has 1 saturated carbocycles. The zero-order valence-electron chi connectivity index (χ0n) is 10.5. The number of fused-ring (bicyclic) bond motifs is 2. The van der Waals surface area contributed by atoms with Gasteiger partial charge in [0, 0.05) is 12.1 Å². The fourth-order valence-electron chi connectivity index (χ4n) is 4.28. The second-order valence-corrected chi connectivity index (χ2v) is 7.52. The lowest BCUT2D eigenvalue weighted by Gasteiger charge is -2.56. The Kier molecular flexibility index (Phi) is 2.03. The quantitative estimate of drug-likeness (QED) is 0.642. The maximum atomic E-state index is 3.77. The van der Waals surface area contributed by atoms with Gasteiger partial charge in [0.2, 0.25) is 0 Å². The van der Waals surface area contributed by atoms with Crippen molar-refractivity contribution in [3.63, 3.8) is 0 Å². The smallest absolute Gasteiger partial charge is 0.00755 e. The van der Waals surface area contributed by atoms with Crippen LogP contribution in [0.2, 0.25) is 0 Å². The average Bonchev–Trinajstić information content (AvgIpc) is 2.39. The minimum Gasteiger partial charge on any atom is -0.311 e. The summed E-state index contributed by atoms with van der Waals surface area (Å²) in [5, 5.41) is 3.77. The summed E-state index contributed by atoms with van der Waals surface area (Å²) in [6.07, 6.45) is 8.90. The summed E-state index contributed by atoms with van der Waals surface area (Å²) < 4.78 is 0. The SMILES string of the molecule is CC(C)(C)C1CC2(CC3CCC(C2)N3)C1. The van der Waals surface area contributed by atoms with Crippen molar-refractivity contribution in [1.29, 1.82) is 0 Å². The van der Waals surface area contributed by atoms with Crippen molar-refractivity contribution in [3.05, 3.63) is 0 Å². The molecule has 0 radical (unpaired) electrons. The highest BCUT2D eigenvalue weighted by atomic mass is 15.0. The van der Waals surface area contributed by atoms with E-state index in [0.29, 0.717) is 5.41 Å². The van der Waals surface area contributed by atoms with Crippen LogP contribution in [-0.2, 0) is 0 Å². The van der Waals surface area contributed by atoms with E-state index < -0.39 is 0 Å². The van der Waals surface area contributed by atoms with Gasteiger partial charge in [-0.1, -0.05) is 20.8 Å². The number of rotatable bonds is 0. The Balaban J connectivity index is 1.65. The maximum Gasteiger partial charge on any atom is 0.00755 e. The van der Waals surface area contributed by atoms with Gasteiger partial charge in [0.25, 0.3) is 0 Å². The van der Waals surface area contributed by atoms with Crippen LogP contribution in [0.15, 0.2) is 0 Å². The van der Waals surface area contributed by atoms with Crippen molar-refractivity contribution < 1.29 is 0 Å². The van der Waals surface area contributed by atoms with E-state index in [1.54, 1.807) is 0 Å². The molecule has 3 aliphatic rings. The van der Waals surface area contributed by atoms with Gasteiger partial charge >= 0.3 is 0 Å². The van der Waals surface area contributed by atoms with Gasteiger partial charge in [-0.05, 0) is 55.3 Å². The third-order valence-electron chi connectivity index (χ3n) is 5.28. The van der Waals surface area contributed by atoms with E-state index in [2.05, 4.69) is 26.1 Å². The van der Waals surface area contributed by atoms with Gasteiger partial charge in [0.1, 0.15) is 0 Å². The Labute approximate surface area is 94.0 Å². The van der Waals surface area contributed by atoms with Crippen LogP contribution in [0.5, 0.6) is 0 Å². The molecule has 2 aliphatic heterocycles. The highest BCUT2D eigenvalue weighted by molar-refractivity contribution is 5.06. The van der Waals surface area contributed by atoms with Crippen LogP contribution in [0.3, 0.4) is 0 Å². The van der Waals surface area contributed by atoms with Crippen LogP contribution in [0.4, 0.5) is 0 Å². The zero-order valence-corrected chi connectivity index (χ0v) is 10.5. The lowest BCUT2D eigenvalue weighted by atomic mass is 9.51. The number of hydrogen-bond acceptors (Lipinski definition) is 1. The van der Waals surface area contributed by atoms with Gasteiger partial charge in [-0.3, -0.25) is 0 Å². The standard InChI is InChI=1S/C14H25N/c1-13(2,3)10-6-14(7-10)8-11-4-5-12(9-14)15-11/h10-12,15H,4-9H2,1-3H3. The van der Waals surface area contributed by atoms with Crippen molar-refractivity contribution in [2.45, 2.75) is 71.4 Å². The lowest BCUT2D eigenvalue weighted by Crippen LogP contribution is -2.52. The van der Waals surface area contributed by atoms with Crippen LogP contribution in [-0.4, -0.2) is 12.1 Å². The first-order chi connectivity index (χ1) is 6.97. The Morgan fingerprint density at radius 2 is 1.47 bits per heavy atom. The molecule has 1 aliphatic carbocycles. The van der Waals surface area contributed by atoms with Gasteiger partial charge in [0.05, 0.1) is 0 Å². The van der Waals surface area contributed by atoms with Gasteiger partial charge in [-0.25, -0.2) is 0 Å². The van der Waals surface area contributed by atoms with Crippen LogP contribution in [0, 0.1) is 16.7 Å². The Morgan fingerprint density at radius 3 is 1.93 bits per heavy atom. The molecule has 15 heavy (non-hydrogen) atoms. The van der Waals surface area contributed by atoms with E-state index >= 15 is 0 Å². The van der Waals surface area contributed by atoms with Crippen LogP contribution in [0.1, 0.15) is 59.3 Å². The first kappa shape index (κ1) is 10.1. The van der Waals surface area contributed by atoms with Crippen molar-refractivity contribution in [2.75, 3.05) is 0 Å². The summed E-state index contributed by atoms with van der Waals surface area (Å²) in [6, 6.07) is 1.76. The Hall–Kier alpha value is -0.0400. The zero-order chi connectivity index (χ0) is 10.7. The van der Waals surface area contributed by atoms with E-state index in [-0.39, 0.29) is 0 Å². The molecule has 2 atom stereocenters. The number of nitrogens with one attached hydrogen (secondary N) is 1. The van der Waals surface area contributed by atoms with Gasteiger partial charge in [-0.2, -0.15) is 0 Å². The predicted octanol–water partition coefficient (Wildman–Crippen LogP) is 3.34. The minimum absolute atomic E-state index is 0.551. The molecule has 1 nitrogen and oxygen atoms in total. The molecule has 2 unspecified atom stereocenters. The van der Waals surface area contributed by atoms with E-state index in [1.165, 1.54) is 38.5 Å². The van der Waals surface area contributed by atoms with Crippen molar-refractivity contribution in [1.82, 2.24) is 5.32 Å². The minimum atomic E-state index is 0.551. The summed E-state index contributed by atoms with van der Waals surface area (Å²) in [5.74, 6) is 0.995. The average molecular weight is 207 g/mol. The van der Waals surface area contributed by atoms with Crippen molar-refractivity contribution in [3.8, 4) is 0 Å². The van der Waals surface area contributed by atoms with Gasteiger partial charge in [-0.15, -0.1) is 0 Å². The van der Waals surface area contributed by atoms with E-state index in [9.17, 15) is 0 Å². The topological polar surface area (TPSA) is 12.0 Å². The highest BCUT2D eigenvalue weighted by Gasteiger charge is 2.53. The second kappa shape index (κ2) is 3.00. The molecule has 2 bridgehead atoms. The summed E-state index contributed by atoms with van der Waals surface area (Å²) in [7, 11) is 0. The monoisotopic (exact) mass is 207 g/mol. The Morgan fingerprint density at radius 1 is 0.933 bits per heavy atom. The second-order valence-electron chi connectivity index (χ2n) is 7.52. The van der Waals surface area contributed by atoms with E-state index in [4.69, 9.17) is 0 Å². The summed E-state index contributed by atoms with van der Waals surface area (Å²) >= 11 is 0. The van der Waals surface area contributed by atoms with Gasteiger partial charge < -0.3 is 5.32 Å². The molecule has 86 valence electrons.